The van der Waals surface area contributed by atoms with Gasteiger partial charge < -0.3 is 9.84 Å². The Bertz CT molecular complexity index is 681. The summed E-state index contributed by atoms with van der Waals surface area (Å²) < 4.78 is 6.69. The summed E-state index contributed by atoms with van der Waals surface area (Å²) in [6.07, 6.45) is 0.801. The molecule has 2 aromatic heterocycles. The van der Waals surface area contributed by atoms with Crippen molar-refractivity contribution in [2.45, 2.75) is 13.3 Å². The van der Waals surface area contributed by atoms with Crippen LogP contribution in [0.2, 0.25) is 0 Å². The van der Waals surface area contributed by atoms with E-state index in [4.69, 9.17) is 9.84 Å². The van der Waals surface area contributed by atoms with Gasteiger partial charge in [-0.3, -0.25) is 0 Å². The van der Waals surface area contributed by atoms with Crippen molar-refractivity contribution in [2.75, 3.05) is 6.61 Å². The summed E-state index contributed by atoms with van der Waals surface area (Å²) in [4.78, 5) is 16.6. The van der Waals surface area contributed by atoms with E-state index in [1.54, 1.807) is 24.3 Å². The number of pyridine rings is 1. The average molecular weight is 340 g/mol. The molecule has 0 spiro atoms. The van der Waals surface area contributed by atoms with E-state index in [1.807, 2.05) is 0 Å². The van der Waals surface area contributed by atoms with E-state index in [1.165, 1.54) is 5.56 Å². The molecule has 0 saturated heterocycles. The third-order valence-corrected chi connectivity index (χ3v) is 4.72. The number of aromatic nitrogens is 1. The molecule has 0 aliphatic carbocycles. The van der Waals surface area contributed by atoms with E-state index >= 15 is 0 Å². The summed E-state index contributed by atoms with van der Waals surface area (Å²) >= 11 is 5.08. The number of hydrogen-bond donors (Lipinski definition) is 1. The van der Waals surface area contributed by atoms with Gasteiger partial charge in [0.05, 0.1) is 26.5 Å². The third-order valence-electron chi connectivity index (χ3n) is 3.03. The molecule has 0 radical (unpaired) electrons. The summed E-state index contributed by atoms with van der Waals surface area (Å²) in [5.41, 5.74) is 2.63. The van der Waals surface area contributed by atoms with E-state index < -0.39 is 5.97 Å². The highest BCUT2D eigenvalue weighted by atomic mass is 79.9. The molecule has 1 aliphatic rings. The number of nitrogens with zero attached hydrogens (tertiary/aromatic N) is 1. The second-order valence-electron chi connectivity index (χ2n) is 4.28. The minimum atomic E-state index is -0.978. The molecule has 3 rings (SSSR count). The highest BCUT2D eigenvalue weighted by Crippen LogP contribution is 2.41. The summed E-state index contributed by atoms with van der Waals surface area (Å²) in [5, 5.41) is 9.14. The van der Waals surface area contributed by atoms with Crippen LogP contribution in [0.3, 0.4) is 0 Å². The quantitative estimate of drug-likeness (QED) is 0.863. The smallest absolute Gasteiger partial charge is 0.337 e. The number of rotatable bonds is 1. The summed E-state index contributed by atoms with van der Waals surface area (Å²) in [7, 11) is 0. The normalized spacial score (nSPS) is 13.2. The monoisotopic (exact) mass is 339 g/mol. The number of carboxylic acid groups (broad SMARTS) is 1. The SMILES string of the molecule is Cc1nc2c(cc1C(=O)O)OCCc1cc(Br)sc1-2. The molecule has 0 unspecified atom stereocenters. The Kier molecular flexibility index (Phi) is 3.06. The van der Waals surface area contributed by atoms with Crippen molar-refractivity contribution in [1.29, 1.82) is 0 Å². The average Bonchev–Trinajstić information content (AvgIpc) is 2.63. The van der Waals surface area contributed by atoms with Crippen LogP contribution in [0, 0.1) is 6.92 Å². The van der Waals surface area contributed by atoms with Gasteiger partial charge in [0.1, 0.15) is 11.4 Å². The Balaban J connectivity index is 2.24. The Labute approximate surface area is 122 Å². The number of aryl methyl sites for hydroxylation is 1. The second-order valence-corrected chi connectivity index (χ2v) is 6.71. The van der Waals surface area contributed by atoms with Crippen molar-refractivity contribution in [3.8, 4) is 16.3 Å². The maximum atomic E-state index is 11.1. The van der Waals surface area contributed by atoms with Gasteiger partial charge in [-0.2, -0.15) is 0 Å². The van der Waals surface area contributed by atoms with Gasteiger partial charge in [-0.1, -0.05) is 0 Å². The number of fused-ring (bicyclic) bond motifs is 3. The fourth-order valence-electron chi connectivity index (χ4n) is 2.13. The fourth-order valence-corrected chi connectivity index (χ4v) is 3.82. The number of ether oxygens (including phenoxy) is 1. The number of aromatic carboxylic acids is 1. The van der Waals surface area contributed by atoms with Gasteiger partial charge in [0.25, 0.3) is 0 Å². The maximum absolute atomic E-state index is 11.1. The topological polar surface area (TPSA) is 59.4 Å². The van der Waals surface area contributed by atoms with E-state index in [0.717, 1.165) is 20.8 Å². The zero-order valence-electron chi connectivity index (χ0n) is 10.1. The summed E-state index contributed by atoms with van der Waals surface area (Å²) in [6, 6.07) is 3.64. The minimum Gasteiger partial charge on any atom is -0.491 e. The van der Waals surface area contributed by atoms with Gasteiger partial charge in [-0.25, -0.2) is 9.78 Å². The Morgan fingerprint density at radius 3 is 3.05 bits per heavy atom. The number of hydrogen-bond acceptors (Lipinski definition) is 4. The van der Waals surface area contributed by atoms with Crippen molar-refractivity contribution in [1.82, 2.24) is 4.98 Å². The predicted molar refractivity (Wildman–Crippen MR) is 76.1 cm³/mol. The van der Waals surface area contributed by atoms with Crippen LogP contribution >= 0.6 is 27.3 Å². The lowest BCUT2D eigenvalue weighted by Gasteiger charge is -2.09. The van der Waals surface area contributed by atoms with Crippen molar-refractivity contribution in [3.63, 3.8) is 0 Å². The third kappa shape index (κ3) is 2.15. The van der Waals surface area contributed by atoms with Crippen LogP contribution in [0.15, 0.2) is 15.9 Å². The molecule has 0 atom stereocenters. The van der Waals surface area contributed by atoms with Gasteiger partial charge >= 0.3 is 5.97 Å². The molecular weight excluding hydrogens is 330 g/mol. The zero-order valence-corrected chi connectivity index (χ0v) is 12.5. The molecule has 4 nitrogen and oxygen atoms in total. The molecule has 0 fully saturated rings. The summed E-state index contributed by atoms with van der Waals surface area (Å²) in [5.74, 6) is -0.427. The van der Waals surface area contributed by atoms with Gasteiger partial charge in [-0.05, 0) is 40.5 Å². The van der Waals surface area contributed by atoms with Crippen LogP contribution < -0.4 is 4.74 Å². The number of carboxylic acids is 1. The van der Waals surface area contributed by atoms with Crippen molar-refractivity contribution >= 4 is 33.2 Å². The Morgan fingerprint density at radius 1 is 1.53 bits per heavy atom. The van der Waals surface area contributed by atoms with Crippen molar-refractivity contribution in [2.24, 2.45) is 0 Å². The lowest BCUT2D eigenvalue weighted by atomic mass is 10.1. The fraction of sp³-hybridized carbons (Fsp3) is 0.231. The number of thiophene rings is 1. The van der Waals surface area contributed by atoms with Crippen LogP contribution in [-0.4, -0.2) is 22.7 Å². The molecule has 0 bridgehead atoms. The highest BCUT2D eigenvalue weighted by molar-refractivity contribution is 9.11. The van der Waals surface area contributed by atoms with E-state index in [2.05, 4.69) is 27.0 Å². The first kappa shape index (κ1) is 12.6. The molecule has 98 valence electrons. The van der Waals surface area contributed by atoms with Crippen LogP contribution in [0.25, 0.3) is 10.6 Å². The molecule has 6 heteroatoms. The molecule has 0 amide bonds. The van der Waals surface area contributed by atoms with E-state index in [-0.39, 0.29) is 5.56 Å². The molecule has 19 heavy (non-hydrogen) atoms. The zero-order chi connectivity index (χ0) is 13.6. The van der Waals surface area contributed by atoms with E-state index in [9.17, 15) is 4.79 Å². The maximum Gasteiger partial charge on any atom is 0.337 e. The molecule has 1 aliphatic heterocycles. The van der Waals surface area contributed by atoms with Crippen LogP contribution in [0.1, 0.15) is 21.6 Å². The second kappa shape index (κ2) is 4.61. The molecule has 0 aromatic carbocycles. The molecule has 1 N–H and O–H groups in total. The lowest BCUT2D eigenvalue weighted by Crippen LogP contribution is -2.05. The van der Waals surface area contributed by atoms with E-state index in [0.29, 0.717) is 18.1 Å². The highest BCUT2D eigenvalue weighted by Gasteiger charge is 2.22. The largest absolute Gasteiger partial charge is 0.491 e. The van der Waals surface area contributed by atoms with Crippen LogP contribution in [0.5, 0.6) is 5.75 Å². The molecule has 0 saturated carbocycles. The first-order valence-corrected chi connectivity index (χ1v) is 7.33. The first-order chi connectivity index (χ1) is 9.06. The van der Waals surface area contributed by atoms with Gasteiger partial charge in [-0.15, -0.1) is 11.3 Å². The number of carbonyl (C=O) groups is 1. The molecular formula is C13H10BrNO3S. The Hall–Kier alpha value is -1.40. The van der Waals surface area contributed by atoms with Crippen LogP contribution in [0.4, 0.5) is 0 Å². The van der Waals surface area contributed by atoms with Gasteiger partial charge in [0.2, 0.25) is 0 Å². The lowest BCUT2D eigenvalue weighted by molar-refractivity contribution is 0.0695. The molecule has 2 aromatic rings. The van der Waals surface area contributed by atoms with Gasteiger partial charge in [0.15, 0.2) is 0 Å². The standard InChI is InChI=1S/C13H10BrNO3S/c1-6-8(13(16)17)5-9-11(15-6)12-7(2-3-18-9)4-10(14)19-12/h4-5H,2-3H2,1H3,(H,16,17). The summed E-state index contributed by atoms with van der Waals surface area (Å²) in [6.45, 7) is 2.24. The number of halogens is 1. The Morgan fingerprint density at radius 2 is 2.32 bits per heavy atom. The van der Waals surface area contributed by atoms with Crippen molar-refractivity contribution in [3.05, 3.63) is 32.7 Å². The minimum absolute atomic E-state index is 0.192. The van der Waals surface area contributed by atoms with Gasteiger partial charge in [0, 0.05) is 6.42 Å². The molecule has 3 heterocycles. The first-order valence-electron chi connectivity index (χ1n) is 5.72. The van der Waals surface area contributed by atoms with Crippen molar-refractivity contribution < 1.29 is 14.6 Å². The predicted octanol–water partition coefficient (Wildman–Crippen LogP) is 3.51. The van der Waals surface area contributed by atoms with Crippen LogP contribution in [-0.2, 0) is 6.42 Å².